The zero-order valence-corrected chi connectivity index (χ0v) is 15.8. The van der Waals surface area contributed by atoms with E-state index in [1.54, 1.807) is 12.1 Å². The summed E-state index contributed by atoms with van der Waals surface area (Å²) in [5, 5.41) is 15.5. The van der Waals surface area contributed by atoms with Crippen LogP contribution >= 0.6 is 27.5 Å². The van der Waals surface area contributed by atoms with E-state index in [9.17, 15) is 4.79 Å². The van der Waals surface area contributed by atoms with Crippen molar-refractivity contribution in [3.8, 4) is 6.07 Å². The van der Waals surface area contributed by atoms with E-state index in [2.05, 4.69) is 26.6 Å². The lowest BCUT2D eigenvalue weighted by Gasteiger charge is -2.06. The fourth-order valence-electron chi connectivity index (χ4n) is 2.11. The molecule has 128 valence electrons. The van der Waals surface area contributed by atoms with E-state index in [0.717, 1.165) is 16.5 Å². The van der Waals surface area contributed by atoms with E-state index >= 15 is 0 Å². The summed E-state index contributed by atoms with van der Waals surface area (Å²) < 4.78 is 1.03. The molecule has 25 heavy (non-hydrogen) atoms. The zero-order valence-electron chi connectivity index (χ0n) is 13.4. The van der Waals surface area contributed by atoms with Crippen molar-refractivity contribution in [2.75, 3.05) is 6.54 Å². The Hall–Kier alpha value is -2.29. The molecule has 0 radical (unpaired) electrons. The van der Waals surface area contributed by atoms with E-state index in [1.165, 1.54) is 11.8 Å². The molecule has 2 N–H and O–H groups in total. The smallest absolute Gasteiger partial charge is 0.263 e. The molecule has 0 atom stereocenters. The first-order chi connectivity index (χ1) is 12.1. The molecular formula is C19H17BrClN3O. The molecule has 0 fully saturated rings. The third-order valence-corrected chi connectivity index (χ3v) is 4.17. The summed E-state index contributed by atoms with van der Waals surface area (Å²) in [5.41, 5.74) is 2.13. The predicted octanol–water partition coefficient (Wildman–Crippen LogP) is 3.96. The fraction of sp³-hybridized carbons (Fsp3) is 0.158. The van der Waals surface area contributed by atoms with Crippen LogP contribution in [-0.4, -0.2) is 12.5 Å². The van der Waals surface area contributed by atoms with Crippen molar-refractivity contribution in [3.63, 3.8) is 0 Å². The monoisotopic (exact) mass is 417 g/mol. The van der Waals surface area contributed by atoms with Crippen molar-refractivity contribution in [3.05, 3.63) is 80.9 Å². The van der Waals surface area contributed by atoms with Crippen LogP contribution in [0.15, 0.2) is 64.8 Å². The fourth-order valence-corrected chi connectivity index (χ4v) is 2.68. The summed E-state index contributed by atoms with van der Waals surface area (Å²) in [5.74, 6) is -0.410. The first-order valence-corrected chi connectivity index (χ1v) is 8.86. The van der Waals surface area contributed by atoms with E-state index in [1.807, 2.05) is 42.5 Å². The van der Waals surface area contributed by atoms with Gasteiger partial charge in [0.1, 0.15) is 11.6 Å². The van der Waals surface area contributed by atoms with Crippen molar-refractivity contribution >= 4 is 33.4 Å². The zero-order chi connectivity index (χ0) is 18.1. The summed E-state index contributed by atoms with van der Waals surface area (Å²) in [4.78, 5) is 12.0. The van der Waals surface area contributed by atoms with Gasteiger partial charge in [0.15, 0.2) is 0 Å². The second kappa shape index (κ2) is 9.87. The Kier molecular flexibility index (Phi) is 7.52. The molecule has 4 nitrogen and oxygen atoms in total. The van der Waals surface area contributed by atoms with Gasteiger partial charge in [0.25, 0.3) is 5.91 Å². The summed E-state index contributed by atoms with van der Waals surface area (Å²) in [6.45, 7) is 0.971. The highest BCUT2D eigenvalue weighted by molar-refractivity contribution is 9.10. The Morgan fingerprint density at radius 3 is 2.64 bits per heavy atom. The number of rotatable bonds is 7. The number of carbonyl (C=O) groups excluding carboxylic acids is 1. The number of benzene rings is 2. The quantitative estimate of drug-likeness (QED) is 0.406. The van der Waals surface area contributed by atoms with Crippen LogP contribution in [0.1, 0.15) is 11.1 Å². The van der Waals surface area contributed by atoms with Gasteiger partial charge in [-0.2, -0.15) is 5.26 Å². The third kappa shape index (κ3) is 6.61. The maximum Gasteiger partial charge on any atom is 0.263 e. The number of halogens is 2. The van der Waals surface area contributed by atoms with Gasteiger partial charge < -0.3 is 10.6 Å². The highest BCUT2D eigenvalue weighted by Crippen LogP contribution is 2.12. The standard InChI is InChI=1S/C19H17BrClN3O/c20-17-3-1-2-14(10-17)8-9-23-13-16(11-22)19(25)24-12-15-4-6-18(21)7-5-15/h1-7,10,13,23H,8-9,12H2,(H,24,25)/b16-13-. The minimum absolute atomic E-state index is 0.0446. The number of carbonyl (C=O) groups is 1. The first kappa shape index (κ1) is 19.0. The predicted molar refractivity (Wildman–Crippen MR) is 103 cm³/mol. The van der Waals surface area contributed by atoms with Gasteiger partial charge >= 0.3 is 0 Å². The molecule has 2 aromatic rings. The molecule has 6 heteroatoms. The molecule has 0 aliphatic rings. The first-order valence-electron chi connectivity index (χ1n) is 7.69. The van der Waals surface area contributed by atoms with E-state index in [0.29, 0.717) is 18.1 Å². The Bertz CT molecular complexity index is 797. The molecule has 0 spiro atoms. The summed E-state index contributed by atoms with van der Waals surface area (Å²) >= 11 is 9.25. The molecule has 1 amide bonds. The Morgan fingerprint density at radius 1 is 1.20 bits per heavy atom. The van der Waals surface area contributed by atoms with Crippen molar-refractivity contribution < 1.29 is 4.79 Å². The molecule has 0 unspecified atom stereocenters. The second-order valence-corrected chi connectivity index (χ2v) is 6.67. The van der Waals surface area contributed by atoms with Gasteiger partial charge in [0.05, 0.1) is 0 Å². The maximum absolute atomic E-state index is 12.0. The number of hydrogen-bond donors (Lipinski definition) is 2. The topological polar surface area (TPSA) is 64.9 Å². The van der Waals surface area contributed by atoms with Crippen LogP contribution in [0.2, 0.25) is 5.02 Å². The Balaban J connectivity index is 1.81. The lowest BCUT2D eigenvalue weighted by molar-refractivity contribution is -0.117. The highest BCUT2D eigenvalue weighted by Gasteiger charge is 2.08. The van der Waals surface area contributed by atoms with E-state index in [-0.39, 0.29) is 5.57 Å². The Morgan fingerprint density at radius 2 is 1.96 bits per heavy atom. The molecule has 0 saturated carbocycles. The number of nitrogens with one attached hydrogen (secondary N) is 2. The molecule has 0 saturated heterocycles. The molecule has 0 aliphatic carbocycles. The van der Waals surface area contributed by atoms with Crippen LogP contribution < -0.4 is 10.6 Å². The van der Waals surface area contributed by atoms with Crippen LogP contribution in [0.25, 0.3) is 0 Å². The van der Waals surface area contributed by atoms with Crippen LogP contribution in [0.4, 0.5) is 0 Å². The summed E-state index contributed by atoms with van der Waals surface area (Å²) in [7, 11) is 0. The molecule has 0 aliphatic heterocycles. The van der Waals surface area contributed by atoms with Gasteiger partial charge in [0.2, 0.25) is 0 Å². The number of nitriles is 1. The van der Waals surface area contributed by atoms with Gasteiger partial charge in [-0.15, -0.1) is 0 Å². The molecule has 2 rings (SSSR count). The molecule has 0 bridgehead atoms. The van der Waals surface area contributed by atoms with Crippen molar-refractivity contribution in [1.29, 1.82) is 5.26 Å². The van der Waals surface area contributed by atoms with Crippen molar-refractivity contribution in [2.24, 2.45) is 0 Å². The Labute approximate surface area is 160 Å². The van der Waals surface area contributed by atoms with Crippen LogP contribution in [0.5, 0.6) is 0 Å². The van der Waals surface area contributed by atoms with Gasteiger partial charge in [-0.3, -0.25) is 4.79 Å². The van der Waals surface area contributed by atoms with Crippen LogP contribution in [0.3, 0.4) is 0 Å². The van der Waals surface area contributed by atoms with E-state index in [4.69, 9.17) is 16.9 Å². The van der Waals surface area contributed by atoms with Gasteiger partial charge in [-0.1, -0.05) is 51.8 Å². The van der Waals surface area contributed by atoms with Crippen LogP contribution in [-0.2, 0) is 17.8 Å². The number of nitrogens with zero attached hydrogens (tertiary/aromatic N) is 1. The molecule has 0 aromatic heterocycles. The van der Waals surface area contributed by atoms with Gasteiger partial charge in [0, 0.05) is 28.8 Å². The SMILES string of the molecule is N#C/C(=C/NCCc1cccc(Br)c1)C(=O)NCc1ccc(Cl)cc1. The average molecular weight is 419 g/mol. The third-order valence-electron chi connectivity index (χ3n) is 3.42. The highest BCUT2D eigenvalue weighted by atomic mass is 79.9. The van der Waals surface area contributed by atoms with Crippen molar-refractivity contribution in [2.45, 2.75) is 13.0 Å². The number of amides is 1. The largest absolute Gasteiger partial charge is 0.389 e. The minimum atomic E-state index is -0.410. The van der Waals surface area contributed by atoms with Gasteiger partial charge in [-0.25, -0.2) is 0 Å². The van der Waals surface area contributed by atoms with Crippen molar-refractivity contribution in [1.82, 2.24) is 10.6 Å². The lowest BCUT2D eigenvalue weighted by atomic mass is 10.1. The number of hydrogen-bond acceptors (Lipinski definition) is 3. The van der Waals surface area contributed by atoms with Gasteiger partial charge in [-0.05, 0) is 41.8 Å². The second-order valence-electron chi connectivity index (χ2n) is 5.31. The lowest BCUT2D eigenvalue weighted by Crippen LogP contribution is -2.25. The van der Waals surface area contributed by atoms with Crippen LogP contribution in [0, 0.1) is 11.3 Å². The maximum atomic E-state index is 12.0. The minimum Gasteiger partial charge on any atom is -0.389 e. The molecular weight excluding hydrogens is 402 g/mol. The summed E-state index contributed by atoms with van der Waals surface area (Å²) in [6.07, 6.45) is 2.25. The molecule has 2 aromatic carbocycles. The van der Waals surface area contributed by atoms with E-state index < -0.39 is 5.91 Å². The molecule has 0 heterocycles. The normalized spacial score (nSPS) is 10.8. The summed E-state index contributed by atoms with van der Waals surface area (Å²) in [6, 6.07) is 17.1. The average Bonchev–Trinajstić information content (AvgIpc) is 2.61.